The first kappa shape index (κ1) is 23.8. The standard InChI is InChI=1S/C20H23BrClF3N4O2/c1-10-15(6-7-29(10)18(30)31-19(2,3)4)28(5)16-11-8-12(20(23,24)25)13(21)9-14(11)26-17(22)27-16/h8-10,15H,6-7H2,1-5H3/t10-,15-/m1/s1. The molecule has 1 aliphatic rings. The molecule has 1 amide bonds. The number of carbonyl (C=O) groups excluding carboxylic acids is 1. The van der Waals surface area contributed by atoms with Gasteiger partial charge in [-0.15, -0.1) is 0 Å². The molecule has 31 heavy (non-hydrogen) atoms. The number of halogens is 5. The number of aromatic nitrogens is 2. The van der Waals surface area contributed by atoms with Gasteiger partial charge in [-0.05, 0) is 57.8 Å². The number of likely N-dealkylation sites (tertiary alicyclic amines) is 1. The summed E-state index contributed by atoms with van der Waals surface area (Å²) in [5, 5.41) is 0.154. The molecular formula is C20H23BrClF3N4O2. The lowest BCUT2D eigenvalue weighted by Gasteiger charge is -2.33. The predicted octanol–water partition coefficient (Wildman–Crippen LogP) is 5.90. The van der Waals surface area contributed by atoms with Crippen molar-refractivity contribution in [2.45, 2.75) is 58.0 Å². The zero-order valence-electron chi connectivity index (χ0n) is 17.7. The van der Waals surface area contributed by atoms with Crippen molar-refractivity contribution in [1.82, 2.24) is 14.9 Å². The van der Waals surface area contributed by atoms with Crippen molar-refractivity contribution < 1.29 is 22.7 Å². The summed E-state index contributed by atoms with van der Waals surface area (Å²) in [5.74, 6) is 0.274. The highest BCUT2D eigenvalue weighted by Crippen LogP contribution is 2.40. The van der Waals surface area contributed by atoms with Crippen molar-refractivity contribution in [3.8, 4) is 0 Å². The maximum atomic E-state index is 13.5. The molecule has 2 atom stereocenters. The second-order valence-corrected chi connectivity index (χ2v) is 9.74. The van der Waals surface area contributed by atoms with Gasteiger partial charge in [0.05, 0.1) is 23.2 Å². The van der Waals surface area contributed by atoms with E-state index in [2.05, 4.69) is 25.9 Å². The van der Waals surface area contributed by atoms with Crippen molar-refractivity contribution in [2.24, 2.45) is 0 Å². The van der Waals surface area contributed by atoms with Crippen LogP contribution < -0.4 is 4.90 Å². The van der Waals surface area contributed by atoms with E-state index in [1.165, 1.54) is 6.07 Å². The summed E-state index contributed by atoms with van der Waals surface area (Å²) in [7, 11) is 1.73. The van der Waals surface area contributed by atoms with Crippen molar-refractivity contribution in [2.75, 3.05) is 18.5 Å². The average molecular weight is 524 g/mol. The smallest absolute Gasteiger partial charge is 0.417 e. The number of anilines is 1. The van der Waals surface area contributed by atoms with Gasteiger partial charge in [-0.3, -0.25) is 0 Å². The molecule has 0 aliphatic carbocycles. The molecule has 3 rings (SSSR count). The molecular weight excluding hydrogens is 501 g/mol. The topological polar surface area (TPSA) is 58.6 Å². The van der Waals surface area contributed by atoms with Crippen LogP contribution in [0.3, 0.4) is 0 Å². The molecule has 2 heterocycles. The molecule has 6 nitrogen and oxygen atoms in total. The van der Waals surface area contributed by atoms with Gasteiger partial charge in [-0.25, -0.2) is 9.78 Å². The van der Waals surface area contributed by atoms with E-state index in [9.17, 15) is 18.0 Å². The summed E-state index contributed by atoms with van der Waals surface area (Å²) in [6.45, 7) is 7.71. The largest absolute Gasteiger partial charge is 0.444 e. The molecule has 170 valence electrons. The fourth-order valence-electron chi connectivity index (χ4n) is 3.77. The molecule has 1 aromatic heterocycles. The van der Waals surface area contributed by atoms with Gasteiger partial charge in [0.1, 0.15) is 11.4 Å². The fourth-order valence-corrected chi connectivity index (χ4v) is 4.50. The Balaban J connectivity index is 1.99. The number of benzene rings is 1. The van der Waals surface area contributed by atoms with E-state index in [1.54, 1.807) is 37.6 Å². The molecule has 0 bridgehead atoms. The number of rotatable bonds is 2. The van der Waals surface area contributed by atoms with E-state index in [0.29, 0.717) is 13.0 Å². The van der Waals surface area contributed by atoms with Crippen LogP contribution in [0, 0.1) is 0 Å². The van der Waals surface area contributed by atoms with Crippen LogP contribution in [0.5, 0.6) is 0 Å². The van der Waals surface area contributed by atoms with Crippen LogP contribution in [-0.4, -0.2) is 52.2 Å². The molecule has 2 aromatic rings. The van der Waals surface area contributed by atoms with Gasteiger partial charge in [0.15, 0.2) is 0 Å². The lowest BCUT2D eigenvalue weighted by molar-refractivity contribution is -0.138. The maximum absolute atomic E-state index is 13.5. The third kappa shape index (κ3) is 5.00. The van der Waals surface area contributed by atoms with Gasteiger partial charge in [-0.2, -0.15) is 18.2 Å². The van der Waals surface area contributed by atoms with Gasteiger partial charge in [0, 0.05) is 23.5 Å². The van der Waals surface area contributed by atoms with Crippen molar-refractivity contribution in [1.29, 1.82) is 0 Å². The molecule has 1 aromatic carbocycles. The van der Waals surface area contributed by atoms with E-state index >= 15 is 0 Å². The molecule has 11 heteroatoms. The number of hydrogen-bond acceptors (Lipinski definition) is 5. The third-order valence-corrected chi connectivity index (χ3v) is 6.04. The summed E-state index contributed by atoms with van der Waals surface area (Å²) in [6.07, 6.45) is -4.37. The maximum Gasteiger partial charge on any atom is 0.417 e. The summed E-state index contributed by atoms with van der Waals surface area (Å²) in [5.41, 5.74) is -1.16. The number of hydrogen-bond donors (Lipinski definition) is 0. The van der Waals surface area contributed by atoms with Crippen LogP contribution in [0.25, 0.3) is 10.9 Å². The SMILES string of the molecule is C[C@@H]1[C@H](N(C)c2nc(Cl)nc3cc(Br)c(C(F)(F)F)cc23)CCN1C(=O)OC(C)(C)C. The quantitative estimate of drug-likeness (QED) is 0.459. The molecule has 0 unspecified atom stereocenters. The minimum atomic E-state index is -4.54. The first-order valence-corrected chi connectivity index (χ1v) is 10.8. The van der Waals surface area contributed by atoms with Crippen LogP contribution >= 0.6 is 27.5 Å². The number of fused-ring (bicyclic) bond motifs is 1. The summed E-state index contributed by atoms with van der Waals surface area (Å²) in [4.78, 5) is 24.2. The highest BCUT2D eigenvalue weighted by Gasteiger charge is 2.39. The highest BCUT2D eigenvalue weighted by atomic mass is 79.9. The van der Waals surface area contributed by atoms with Crippen molar-refractivity contribution in [3.05, 3.63) is 27.5 Å². The summed E-state index contributed by atoms with van der Waals surface area (Å²) in [6, 6.07) is 1.86. The molecule has 1 saturated heterocycles. The number of carbonyl (C=O) groups is 1. The monoisotopic (exact) mass is 522 g/mol. The average Bonchev–Trinajstić information content (AvgIpc) is 2.98. The minimum Gasteiger partial charge on any atom is -0.444 e. The Morgan fingerprint density at radius 1 is 1.29 bits per heavy atom. The van der Waals surface area contributed by atoms with E-state index in [1.807, 2.05) is 6.92 Å². The van der Waals surface area contributed by atoms with Gasteiger partial charge in [0.25, 0.3) is 0 Å². The Kier molecular flexibility index (Phi) is 6.36. The van der Waals surface area contributed by atoms with E-state index in [-0.39, 0.29) is 38.6 Å². The first-order chi connectivity index (χ1) is 14.2. The molecule has 1 aliphatic heterocycles. The molecule has 1 fully saturated rings. The number of alkyl halides is 3. The first-order valence-electron chi connectivity index (χ1n) is 9.65. The Hall–Kier alpha value is -1.81. The Bertz CT molecular complexity index is 1010. The lowest BCUT2D eigenvalue weighted by Crippen LogP contribution is -2.45. The Morgan fingerprint density at radius 2 is 1.94 bits per heavy atom. The van der Waals surface area contributed by atoms with Gasteiger partial charge in [0.2, 0.25) is 5.28 Å². The van der Waals surface area contributed by atoms with Gasteiger partial charge in [-0.1, -0.05) is 15.9 Å². The lowest BCUT2D eigenvalue weighted by atomic mass is 10.1. The predicted molar refractivity (Wildman–Crippen MR) is 116 cm³/mol. The number of nitrogens with zero attached hydrogens (tertiary/aromatic N) is 4. The van der Waals surface area contributed by atoms with E-state index < -0.39 is 23.4 Å². The Labute approximate surface area is 191 Å². The zero-order chi connectivity index (χ0) is 23.3. The van der Waals surface area contributed by atoms with E-state index in [4.69, 9.17) is 16.3 Å². The summed E-state index contributed by atoms with van der Waals surface area (Å²) >= 11 is 9.04. The van der Waals surface area contributed by atoms with Crippen molar-refractivity contribution >= 4 is 50.3 Å². The van der Waals surface area contributed by atoms with Gasteiger partial charge >= 0.3 is 12.3 Å². The number of likely N-dealkylation sites (N-methyl/N-ethyl adjacent to an activating group) is 1. The molecule has 0 N–H and O–H groups in total. The molecule has 0 spiro atoms. The van der Waals surface area contributed by atoms with Crippen LogP contribution in [0.15, 0.2) is 16.6 Å². The number of amides is 1. The second kappa shape index (κ2) is 8.27. The van der Waals surface area contributed by atoms with Crippen LogP contribution in [0.4, 0.5) is 23.8 Å². The van der Waals surface area contributed by atoms with Crippen LogP contribution in [-0.2, 0) is 10.9 Å². The third-order valence-electron chi connectivity index (χ3n) is 5.22. The van der Waals surface area contributed by atoms with Gasteiger partial charge < -0.3 is 14.5 Å². The Morgan fingerprint density at radius 3 is 2.52 bits per heavy atom. The van der Waals surface area contributed by atoms with Crippen LogP contribution in [0.2, 0.25) is 5.28 Å². The molecule has 0 radical (unpaired) electrons. The number of ether oxygens (including phenoxy) is 1. The molecule has 0 saturated carbocycles. The van der Waals surface area contributed by atoms with E-state index in [0.717, 1.165) is 6.07 Å². The minimum absolute atomic E-state index is 0.0735. The summed E-state index contributed by atoms with van der Waals surface area (Å²) < 4.78 is 45.7. The van der Waals surface area contributed by atoms with Crippen LogP contribution in [0.1, 0.15) is 39.7 Å². The van der Waals surface area contributed by atoms with Crippen molar-refractivity contribution in [3.63, 3.8) is 0 Å². The fraction of sp³-hybridized carbons (Fsp3) is 0.550. The zero-order valence-corrected chi connectivity index (χ0v) is 20.1. The second-order valence-electron chi connectivity index (χ2n) is 8.54. The highest BCUT2D eigenvalue weighted by molar-refractivity contribution is 9.10. The normalized spacial score (nSPS) is 19.7.